The van der Waals surface area contributed by atoms with Gasteiger partial charge in [-0.1, -0.05) is 0 Å². The number of halogens is 1. The van der Waals surface area contributed by atoms with Gasteiger partial charge in [-0.2, -0.15) is 0 Å². The van der Waals surface area contributed by atoms with Crippen LogP contribution in [0.25, 0.3) is 0 Å². The second kappa shape index (κ2) is 9.38. The molecule has 1 aliphatic heterocycles. The predicted molar refractivity (Wildman–Crippen MR) is 111 cm³/mol. The molecule has 0 aromatic heterocycles. The summed E-state index contributed by atoms with van der Waals surface area (Å²) in [5.74, 6) is 0.986. The number of guanidine groups is 1. The van der Waals surface area contributed by atoms with E-state index in [4.69, 9.17) is 0 Å². The fourth-order valence-electron chi connectivity index (χ4n) is 2.70. The molecule has 9 heteroatoms. The van der Waals surface area contributed by atoms with Gasteiger partial charge >= 0.3 is 0 Å². The molecular weight excluding hydrogens is 455 g/mol. The first-order valence-corrected chi connectivity index (χ1v) is 10.5. The summed E-state index contributed by atoms with van der Waals surface area (Å²) in [4.78, 5) is 18.3. The number of carbonyl (C=O) groups is 1. The van der Waals surface area contributed by atoms with Gasteiger partial charge in [-0.05, 0) is 40.0 Å². The smallest absolute Gasteiger partial charge is 0.220 e. The maximum atomic E-state index is 12.1. The van der Waals surface area contributed by atoms with Crippen molar-refractivity contribution >= 4 is 45.7 Å². The number of hydrogen-bond acceptors (Lipinski definition) is 4. The molecule has 0 radical (unpaired) electrons. The lowest BCUT2D eigenvalue weighted by Crippen LogP contribution is -2.57. The molecule has 25 heavy (non-hydrogen) atoms. The quantitative estimate of drug-likeness (QED) is 0.254. The minimum atomic E-state index is -3.06. The summed E-state index contributed by atoms with van der Waals surface area (Å²) in [6.07, 6.45) is 3.38. The summed E-state index contributed by atoms with van der Waals surface area (Å²) in [6, 6.07) is 0.399. The molecular formula is C16H31IN4O3S. The van der Waals surface area contributed by atoms with Crippen molar-refractivity contribution in [1.82, 2.24) is 15.5 Å². The van der Waals surface area contributed by atoms with Crippen LogP contribution in [0.15, 0.2) is 4.99 Å². The van der Waals surface area contributed by atoms with Crippen LogP contribution in [0.4, 0.5) is 0 Å². The summed E-state index contributed by atoms with van der Waals surface area (Å²) in [5, 5.41) is 6.20. The first-order chi connectivity index (χ1) is 11.2. The number of aliphatic imine (C=N–C) groups is 1. The Kier molecular flexibility index (Phi) is 8.43. The van der Waals surface area contributed by atoms with Crippen LogP contribution in [0.1, 0.15) is 46.5 Å². The molecule has 0 aromatic carbocycles. The van der Waals surface area contributed by atoms with E-state index in [2.05, 4.69) is 15.6 Å². The summed E-state index contributed by atoms with van der Waals surface area (Å²) >= 11 is 0. The van der Waals surface area contributed by atoms with E-state index in [1.54, 1.807) is 13.8 Å². The second-order valence-electron chi connectivity index (χ2n) is 7.18. The average Bonchev–Trinajstić information content (AvgIpc) is 3.29. The zero-order chi connectivity index (χ0) is 17.8. The Labute approximate surface area is 168 Å². The third-order valence-electron chi connectivity index (χ3n) is 4.44. The van der Waals surface area contributed by atoms with Crippen LogP contribution in [0.3, 0.4) is 0 Å². The fourth-order valence-corrected chi connectivity index (χ4v) is 4.07. The van der Waals surface area contributed by atoms with E-state index >= 15 is 0 Å². The van der Waals surface area contributed by atoms with Gasteiger partial charge in [0, 0.05) is 38.6 Å². The van der Waals surface area contributed by atoms with Gasteiger partial charge in [-0.15, -0.1) is 24.0 Å². The van der Waals surface area contributed by atoms with Gasteiger partial charge in [0.15, 0.2) is 15.8 Å². The molecule has 1 heterocycles. The van der Waals surface area contributed by atoms with Gasteiger partial charge in [0.2, 0.25) is 5.91 Å². The Bertz CT molecular complexity index is 588. The number of hydrogen-bond donors (Lipinski definition) is 2. The molecule has 1 saturated carbocycles. The molecule has 7 nitrogen and oxygen atoms in total. The van der Waals surface area contributed by atoms with E-state index < -0.39 is 14.6 Å². The van der Waals surface area contributed by atoms with Gasteiger partial charge < -0.3 is 15.5 Å². The van der Waals surface area contributed by atoms with Gasteiger partial charge in [0.05, 0.1) is 10.5 Å². The van der Waals surface area contributed by atoms with E-state index in [-0.39, 0.29) is 35.6 Å². The van der Waals surface area contributed by atoms with Gasteiger partial charge in [0.25, 0.3) is 0 Å². The van der Waals surface area contributed by atoms with Gasteiger partial charge in [-0.25, -0.2) is 8.42 Å². The Morgan fingerprint density at radius 2 is 2.00 bits per heavy atom. The molecule has 0 aromatic rings. The molecule has 0 spiro atoms. The lowest BCUT2D eigenvalue weighted by Gasteiger charge is -2.39. The standard InChI is InChI=1S/C16H30N4O3S.HI/c1-4-17-15(18-9-5-6-14(21)19-13-7-8-13)20-10-11-24(22,23)16(2,3)12-20;/h13H,4-12H2,1-3H3,(H,17,18)(H,19,21);1H. The molecule has 1 saturated heterocycles. The Hall–Kier alpha value is -0.580. The lowest BCUT2D eigenvalue weighted by molar-refractivity contribution is -0.121. The van der Waals surface area contributed by atoms with Crippen molar-refractivity contribution in [3.63, 3.8) is 0 Å². The summed E-state index contributed by atoms with van der Waals surface area (Å²) in [5.41, 5.74) is 0. The van der Waals surface area contributed by atoms with Crippen molar-refractivity contribution < 1.29 is 13.2 Å². The van der Waals surface area contributed by atoms with E-state index in [1.807, 2.05) is 11.8 Å². The minimum absolute atomic E-state index is 0. The SMILES string of the molecule is CCNC(=NCCCC(=O)NC1CC1)N1CCS(=O)(=O)C(C)(C)C1.I. The van der Waals surface area contributed by atoms with E-state index in [1.165, 1.54) is 0 Å². The molecule has 146 valence electrons. The molecule has 0 atom stereocenters. The normalized spacial score (nSPS) is 22.0. The van der Waals surface area contributed by atoms with Crippen LogP contribution in [-0.4, -0.2) is 67.9 Å². The maximum Gasteiger partial charge on any atom is 0.220 e. The van der Waals surface area contributed by atoms with Crippen molar-refractivity contribution in [2.24, 2.45) is 4.99 Å². The Balaban J connectivity index is 0.00000312. The topological polar surface area (TPSA) is 90.9 Å². The van der Waals surface area contributed by atoms with Crippen molar-refractivity contribution in [2.75, 3.05) is 31.9 Å². The van der Waals surface area contributed by atoms with Crippen LogP contribution in [-0.2, 0) is 14.6 Å². The highest BCUT2D eigenvalue weighted by atomic mass is 127. The number of amides is 1. The minimum Gasteiger partial charge on any atom is -0.357 e. The summed E-state index contributed by atoms with van der Waals surface area (Å²) in [6.45, 7) is 7.70. The molecule has 2 rings (SSSR count). The Morgan fingerprint density at radius 1 is 1.32 bits per heavy atom. The number of nitrogens with zero attached hydrogens (tertiary/aromatic N) is 2. The zero-order valence-corrected chi connectivity index (χ0v) is 18.5. The van der Waals surface area contributed by atoms with Crippen molar-refractivity contribution in [2.45, 2.75) is 57.2 Å². The largest absolute Gasteiger partial charge is 0.357 e. The molecule has 1 aliphatic carbocycles. The molecule has 2 N–H and O–H groups in total. The van der Waals surface area contributed by atoms with Crippen LogP contribution in [0.2, 0.25) is 0 Å². The molecule has 2 fully saturated rings. The van der Waals surface area contributed by atoms with Gasteiger partial charge in [-0.3, -0.25) is 9.79 Å². The zero-order valence-electron chi connectivity index (χ0n) is 15.4. The van der Waals surface area contributed by atoms with Crippen molar-refractivity contribution in [1.29, 1.82) is 0 Å². The predicted octanol–water partition coefficient (Wildman–Crippen LogP) is 1.14. The molecule has 1 amide bonds. The highest BCUT2D eigenvalue weighted by molar-refractivity contribution is 14.0. The van der Waals surface area contributed by atoms with E-state index in [0.717, 1.165) is 25.3 Å². The second-order valence-corrected chi connectivity index (χ2v) is 9.92. The van der Waals surface area contributed by atoms with Crippen molar-refractivity contribution in [3.8, 4) is 0 Å². The first kappa shape index (κ1) is 22.5. The average molecular weight is 486 g/mol. The first-order valence-electron chi connectivity index (χ1n) is 8.80. The van der Waals surface area contributed by atoms with Gasteiger partial charge in [0.1, 0.15) is 0 Å². The summed E-state index contributed by atoms with van der Waals surface area (Å²) in [7, 11) is -3.06. The Morgan fingerprint density at radius 3 is 2.56 bits per heavy atom. The highest BCUT2D eigenvalue weighted by Gasteiger charge is 2.40. The highest BCUT2D eigenvalue weighted by Crippen LogP contribution is 2.23. The molecule has 2 aliphatic rings. The van der Waals surface area contributed by atoms with E-state index in [0.29, 0.717) is 38.5 Å². The van der Waals surface area contributed by atoms with E-state index in [9.17, 15) is 13.2 Å². The number of carbonyl (C=O) groups excluding carboxylic acids is 1. The maximum absolute atomic E-state index is 12.1. The van der Waals surface area contributed by atoms with Crippen LogP contribution in [0.5, 0.6) is 0 Å². The van der Waals surface area contributed by atoms with Crippen molar-refractivity contribution in [3.05, 3.63) is 0 Å². The fraction of sp³-hybridized carbons (Fsp3) is 0.875. The number of nitrogens with one attached hydrogen (secondary N) is 2. The molecule has 0 unspecified atom stereocenters. The monoisotopic (exact) mass is 486 g/mol. The third-order valence-corrected chi connectivity index (χ3v) is 6.98. The number of rotatable bonds is 6. The van der Waals surface area contributed by atoms with Crippen LogP contribution < -0.4 is 10.6 Å². The third kappa shape index (κ3) is 6.58. The van der Waals surface area contributed by atoms with Crippen LogP contribution in [0, 0.1) is 0 Å². The lowest BCUT2D eigenvalue weighted by atomic mass is 10.2. The molecule has 0 bridgehead atoms. The number of sulfone groups is 1. The summed E-state index contributed by atoms with van der Waals surface area (Å²) < 4.78 is 23.5. The van der Waals surface area contributed by atoms with Crippen LogP contribution >= 0.6 is 24.0 Å².